The van der Waals surface area contributed by atoms with Gasteiger partial charge in [-0.1, -0.05) is 24.3 Å². The highest BCUT2D eigenvalue weighted by Gasteiger charge is 2.49. The summed E-state index contributed by atoms with van der Waals surface area (Å²) in [6.45, 7) is 3.78. The zero-order valence-electron chi connectivity index (χ0n) is 17.9. The van der Waals surface area contributed by atoms with E-state index in [0.29, 0.717) is 28.5 Å². The van der Waals surface area contributed by atoms with E-state index in [1.54, 1.807) is 60.7 Å². The van der Waals surface area contributed by atoms with E-state index < -0.39 is 17.7 Å². The number of rotatable bonds is 6. The number of furan rings is 1. The van der Waals surface area contributed by atoms with E-state index in [2.05, 4.69) is 0 Å². The zero-order valence-corrected chi connectivity index (χ0v) is 17.9. The van der Waals surface area contributed by atoms with E-state index in [-0.39, 0.29) is 17.4 Å². The van der Waals surface area contributed by atoms with E-state index >= 15 is 0 Å². The molecule has 0 bridgehead atoms. The van der Waals surface area contributed by atoms with Crippen molar-refractivity contribution in [3.05, 3.63) is 83.8 Å². The molecule has 1 amide bonds. The Morgan fingerprint density at radius 1 is 1.06 bits per heavy atom. The van der Waals surface area contributed by atoms with Crippen LogP contribution in [0.5, 0.6) is 11.5 Å². The van der Waals surface area contributed by atoms with Gasteiger partial charge >= 0.3 is 0 Å². The van der Waals surface area contributed by atoms with Gasteiger partial charge in [0.15, 0.2) is 0 Å². The number of amides is 1. The van der Waals surface area contributed by atoms with Crippen LogP contribution in [0.25, 0.3) is 5.76 Å². The lowest BCUT2D eigenvalue weighted by Gasteiger charge is -2.24. The second kappa shape index (κ2) is 8.63. The lowest BCUT2D eigenvalue weighted by Crippen LogP contribution is -2.29. The van der Waals surface area contributed by atoms with Crippen LogP contribution < -0.4 is 14.4 Å². The molecule has 2 heterocycles. The fraction of sp³-hybridized carbons (Fsp3) is 0.200. The van der Waals surface area contributed by atoms with Crippen molar-refractivity contribution in [2.75, 3.05) is 12.0 Å². The Kier molecular flexibility index (Phi) is 5.73. The SMILES string of the molecule is COc1ccccc1N1C(=O)C(=O)/C(=C(\O)c2cccc(OC(C)C)c2)C1c1ccco1. The standard InChI is InChI=1S/C25H23NO6/c1-15(2)32-17-9-6-8-16(14-17)23(27)21-22(20-12-7-13-31-20)26(25(29)24(21)28)18-10-4-5-11-19(18)30-3/h4-15,22,27H,1-3H3/b23-21-. The van der Waals surface area contributed by atoms with E-state index in [4.69, 9.17) is 13.9 Å². The first-order chi connectivity index (χ1) is 15.4. The number of para-hydroxylation sites is 2. The molecule has 0 aliphatic carbocycles. The molecular weight excluding hydrogens is 410 g/mol. The van der Waals surface area contributed by atoms with Gasteiger partial charge in [-0.05, 0) is 50.2 Å². The molecule has 0 spiro atoms. The monoisotopic (exact) mass is 433 g/mol. The topological polar surface area (TPSA) is 89.2 Å². The fourth-order valence-electron chi connectivity index (χ4n) is 3.77. The van der Waals surface area contributed by atoms with Crippen molar-refractivity contribution in [2.24, 2.45) is 0 Å². The maximum atomic E-state index is 13.1. The van der Waals surface area contributed by atoms with Gasteiger partial charge in [0.2, 0.25) is 0 Å². The van der Waals surface area contributed by atoms with Crippen LogP contribution in [0, 0.1) is 0 Å². The molecule has 7 nitrogen and oxygen atoms in total. The lowest BCUT2D eigenvalue weighted by atomic mass is 9.99. The number of anilines is 1. The highest BCUT2D eigenvalue weighted by atomic mass is 16.5. The summed E-state index contributed by atoms with van der Waals surface area (Å²) < 4.78 is 16.7. The van der Waals surface area contributed by atoms with Gasteiger partial charge in [-0.2, -0.15) is 0 Å². The van der Waals surface area contributed by atoms with Crippen LogP contribution in [0.15, 0.2) is 76.9 Å². The van der Waals surface area contributed by atoms with E-state index in [1.165, 1.54) is 18.3 Å². The van der Waals surface area contributed by atoms with Crippen molar-refractivity contribution >= 4 is 23.1 Å². The third-order valence-electron chi connectivity index (χ3n) is 5.08. The van der Waals surface area contributed by atoms with Crippen LogP contribution in [-0.4, -0.2) is 30.0 Å². The first-order valence-electron chi connectivity index (χ1n) is 10.2. The minimum absolute atomic E-state index is 0.0633. The van der Waals surface area contributed by atoms with Crippen LogP contribution in [0.1, 0.15) is 31.2 Å². The number of nitrogens with zero attached hydrogens (tertiary/aromatic N) is 1. The summed E-state index contributed by atoms with van der Waals surface area (Å²) in [6, 6.07) is 16.0. The highest BCUT2D eigenvalue weighted by Crippen LogP contribution is 2.45. The molecule has 3 aromatic rings. The first kappa shape index (κ1) is 21.2. The molecular formula is C25H23NO6. The van der Waals surface area contributed by atoms with Crippen molar-refractivity contribution in [1.29, 1.82) is 0 Å². The van der Waals surface area contributed by atoms with Gasteiger partial charge in [0.1, 0.15) is 29.1 Å². The molecule has 2 aromatic carbocycles. The number of methoxy groups -OCH3 is 1. The average molecular weight is 433 g/mol. The minimum atomic E-state index is -0.962. The van der Waals surface area contributed by atoms with Gasteiger partial charge in [-0.15, -0.1) is 0 Å². The summed E-state index contributed by atoms with van der Waals surface area (Å²) in [5, 5.41) is 11.2. The quantitative estimate of drug-likeness (QED) is 0.344. The maximum Gasteiger partial charge on any atom is 0.300 e. The summed E-state index contributed by atoms with van der Waals surface area (Å²) in [5.74, 6) is -0.615. The molecule has 1 fully saturated rings. The summed E-state index contributed by atoms with van der Waals surface area (Å²) in [6.07, 6.45) is 1.39. The largest absolute Gasteiger partial charge is 0.507 e. The predicted molar refractivity (Wildman–Crippen MR) is 119 cm³/mol. The predicted octanol–water partition coefficient (Wildman–Crippen LogP) is 4.70. The Balaban J connectivity index is 1.90. The number of aliphatic hydroxyl groups is 1. The van der Waals surface area contributed by atoms with E-state index in [0.717, 1.165) is 0 Å². The van der Waals surface area contributed by atoms with Gasteiger partial charge in [0.05, 0.1) is 30.7 Å². The molecule has 1 unspecified atom stereocenters. The van der Waals surface area contributed by atoms with Crippen molar-refractivity contribution in [1.82, 2.24) is 0 Å². The van der Waals surface area contributed by atoms with Gasteiger partial charge in [0, 0.05) is 5.56 Å². The van der Waals surface area contributed by atoms with Gasteiger partial charge in [-0.25, -0.2) is 0 Å². The van der Waals surface area contributed by atoms with Crippen LogP contribution >= 0.6 is 0 Å². The van der Waals surface area contributed by atoms with Gasteiger partial charge in [-0.3, -0.25) is 14.5 Å². The van der Waals surface area contributed by atoms with Crippen molar-refractivity contribution in [3.63, 3.8) is 0 Å². The Hall–Kier alpha value is -4.00. The zero-order chi connectivity index (χ0) is 22.8. The van der Waals surface area contributed by atoms with E-state index in [9.17, 15) is 14.7 Å². The number of hydrogen-bond acceptors (Lipinski definition) is 6. The summed E-state index contributed by atoms with van der Waals surface area (Å²) in [4.78, 5) is 27.6. The van der Waals surface area contributed by atoms with Crippen LogP contribution in [-0.2, 0) is 9.59 Å². The highest BCUT2D eigenvalue weighted by molar-refractivity contribution is 6.51. The lowest BCUT2D eigenvalue weighted by molar-refractivity contribution is -0.132. The molecule has 0 radical (unpaired) electrons. The smallest absolute Gasteiger partial charge is 0.300 e. The molecule has 1 aliphatic heterocycles. The third-order valence-corrected chi connectivity index (χ3v) is 5.08. The Morgan fingerprint density at radius 3 is 2.53 bits per heavy atom. The van der Waals surface area contributed by atoms with Crippen LogP contribution in [0.3, 0.4) is 0 Å². The van der Waals surface area contributed by atoms with Crippen molar-refractivity contribution in [3.8, 4) is 11.5 Å². The second-order valence-electron chi connectivity index (χ2n) is 7.55. The number of ether oxygens (including phenoxy) is 2. The molecule has 1 atom stereocenters. The average Bonchev–Trinajstić information content (AvgIpc) is 3.40. The molecule has 7 heteroatoms. The number of Topliss-reactive ketones (excluding diaryl/α,β-unsaturated/α-hetero) is 1. The number of ketones is 1. The third kappa shape index (κ3) is 3.73. The van der Waals surface area contributed by atoms with Crippen LogP contribution in [0.2, 0.25) is 0 Å². The number of aliphatic hydroxyl groups excluding tert-OH is 1. The Labute approximate surface area is 185 Å². The maximum absolute atomic E-state index is 13.1. The van der Waals surface area contributed by atoms with Crippen molar-refractivity contribution in [2.45, 2.75) is 26.0 Å². The Bertz CT molecular complexity index is 1180. The number of hydrogen-bond donors (Lipinski definition) is 1. The number of benzene rings is 2. The molecule has 1 aliphatic rings. The summed E-state index contributed by atoms with van der Waals surface area (Å²) in [5.41, 5.74) is 0.685. The fourth-order valence-corrected chi connectivity index (χ4v) is 3.77. The van der Waals surface area contributed by atoms with Crippen molar-refractivity contribution < 1.29 is 28.6 Å². The normalized spacial score (nSPS) is 17.8. The summed E-state index contributed by atoms with van der Waals surface area (Å²) >= 11 is 0. The van der Waals surface area contributed by atoms with Gasteiger partial charge in [0.25, 0.3) is 11.7 Å². The van der Waals surface area contributed by atoms with Gasteiger partial charge < -0.3 is 19.0 Å². The molecule has 1 aromatic heterocycles. The van der Waals surface area contributed by atoms with E-state index in [1.807, 2.05) is 13.8 Å². The van der Waals surface area contributed by atoms with Crippen LogP contribution in [0.4, 0.5) is 5.69 Å². The molecule has 1 saturated heterocycles. The molecule has 0 saturated carbocycles. The Morgan fingerprint density at radius 2 is 1.84 bits per heavy atom. The number of carbonyl (C=O) groups excluding carboxylic acids is 2. The molecule has 1 N–H and O–H groups in total. The number of carbonyl (C=O) groups is 2. The molecule has 164 valence electrons. The summed E-state index contributed by atoms with van der Waals surface area (Å²) in [7, 11) is 1.48. The second-order valence-corrected chi connectivity index (χ2v) is 7.55. The molecule has 32 heavy (non-hydrogen) atoms. The minimum Gasteiger partial charge on any atom is -0.507 e. The first-order valence-corrected chi connectivity index (χ1v) is 10.2. The molecule has 4 rings (SSSR count).